The van der Waals surface area contributed by atoms with E-state index in [1.165, 1.54) is 30.3 Å². The van der Waals surface area contributed by atoms with Gasteiger partial charge < -0.3 is 10.3 Å². The second-order valence-electron chi connectivity index (χ2n) is 3.98. The summed E-state index contributed by atoms with van der Waals surface area (Å²) in [6.07, 6.45) is 0. The third kappa shape index (κ3) is 3.10. The third-order valence-corrected chi connectivity index (χ3v) is 2.58. The van der Waals surface area contributed by atoms with E-state index in [1.54, 1.807) is 6.07 Å². The molecule has 0 atom stereocenters. The van der Waals surface area contributed by atoms with E-state index in [2.05, 4.69) is 10.3 Å². The molecule has 0 aliphatic rings. The highest BCUT2D eigenvalue weighted by Gasteiger charge is 2.17. The maximum absolute atomic E-state index is 11.9. The van der Waals surface area contributed by atoms with E-state index in [0.717, 1.165) is 6.07 Å². The van der Waals surface area contributed by atoms with Crippen LogP contribution >= 0.6 is 0 Å². The lowest BCUT2D eigenvalue weighted by Crippen LogP contribution is -2.18. The molecule has 1 aromatic heterocycles. The molecule has 2 rings (SSSR count). The molecule has 0 aliphatic heterocycles. The van der Waals surface area contributed by atoms with Gasteiger partial charge in [0.2, 0.25) is 5.56 Å². The summed E-state index contributed by atoms with van der Waals surface area (Å²) in [4.78, 5) is 35.6. The fraction of sp³-hybridized carbons (Fsp3) is 0. The summed E-state index contributed by atoms with van der Waals surface area (Å²) < 4.78 is 0. The first-order chi connectivity index (χ1) is 10.0. The SMILES string of the molecule is N#Cc1ccc(NC(=O)c2cccc(=O)[nH]2)c([N+](=O)[O-])c1. The molecule has 2 aromatic rings. The van der Waals surface area contributed by atoms with Gasteiger partial charge in [0.1, 0.15) is 11.4 Å². The van der Waals surface area contributed by atoms with Crippen molar-refractivity contribution < 1.29 is 9.72 Å². The second kappa shape index (κ2) is 5.66. The van der Waals surface area contributed by atoms with Crippen molar-refractivity contribution in [3.63, 3.8) is 0 Å². The minimum atomic E-state index is -0.704. The van der Waals surface area contributed by atoms with E-state index in [1.807, 2.05) is 0 Å². The molecule has 0 unspecified atom stereocenters. The maximum Gasteiger partial charge on any atom is 0.294 e. The van der Waals surface area contributed by atoms with E-state index in [-0.39, 0.29) is 16.9 Å². The average molecular weight is 284 g/mol. The summed E-state index contributed by atoms with van der Waals surface area (Å²) in [6, 6.07) is 9.43. The van der Waals surface area contributed by atoms with Crippen LogP contribution in [-0.4, -0.2) is 15.8 Å². The summed E-state index contributed by atoms with van der Waals surface area (Å²) in [6.45, 7) is 0. The molecule has 2 N–H and O–H groups in total. The van der Waals surface area contributed by atoms with E-state index in [0.29, 0.717) is 0 Å². The number of nitrogens with one attached hydrogen (secondary N) is 2. The number of nitro benzene ring substituents is 1. The fourth-order valence-corrected chi connectivity index (χ4v) is 1.63. The highest BCUT2D eigenvalue weighted by atomic mass is 16.6. The molecule has 1 aromatic carbocycles. The second-order valence-corrected chi connectivity index (χ2v) is 3.98. The predicted octanol–water partition coefficient (Wildman–Crippen LogP) is 1.41. The predicted molar refractivity (Wildman–Crippen MR) is 72.8 cm³/mol. The Morgan fingerprint density at radius 2 is 2.10 bits per heavy atom. The van der Waals surface area contributed by atoms with Gasteiger partial charge in [0.05, 0.1) is 16.6 Å². The number of H-pyrrole nitrogens is 1. The molecule has 1 heterocycles. The van der Waals surface area contributed by atoms with Gasteiger partial charge >= 0.3 is 0 Å². The molecule has 0 radical (unpaired) electrons. The molecule has 0 fully saturated rings. The first-order valence-electron chi connectivity index (χ1n) is 5.70. The van der Waals surface area contributed by atoms with Gasteiger partial charge in [-0.1, -0.05) is 6.07 Å². The molecular weight excluding hydrogens is 276 g/mol. The number of rotatable bonds is 3. The topological polar surface area (TPSA) is 129 Å². The number of carbonyl (C=O) groups excluding carboxylic acids is 1. The largest absolute Gasteiger partial charge is 0.318 e. The zero-order valence-electron chi connectivity index (χ0n) is 10.5. The Balaban J connectivity index is 2.35. The molecule has 21 heavy (non-hydrogen) atoms. The standard InChI is InChI=1S/C13H8N4O4/c14-7-8-4-5-9(11(6-8)17(20)21)16-13(19)10-2-1-3-12(18)15-10/h1-6H,(H,15,18)(H,16,19). The van der Waals surface area contributed by atoms with Gasteiger partial charge in [-0.05, 0) is 18.2 Å². The Morgan fingerprint density at radius 1 is 1.33 bits per heavy atom. The van der Waals surface area contributed by atoms with E-state index in [4.69, 9.17) is 5.26 Å². The lowest BCUT2D eigenvalue weighted by Gasteiger charge is -2.06. The number of benzene rings is 1. The number of amides is 1. The lowest BCUT2D eigenvalue weighted by atomic mass is 10.2. The van der Waals surface area contributed by atoms with Gasteiger partial charge in [-0.15, -0.1) is 0 Å². The summed E-state index contributed by atoms with van der Waals surface area (Å²) in [5, 5.41) is 22.0. The van der Waals surface area contributed by atoms with Crippen LogP contribution in [0.3, 0.4) is 0 Å². The average Bonchev–Trinajstić information content (AvgIpc) is 2.47. The van der Waals surface area contributed by atoms with Crippen molar-refractivity contribution in [3.8, 4) is 6.07 Å². The molecule has 1 amide bonds. The Bertz CT molecular complexity index is 819. The van der Waals surface area contributed by atoms with Crippen LogP contribution in [0, 0.1) is 21.4 Å². The number of aromatic nitrogens is 1. The number of pyridine rings is 1. The van der Waals surface area contributed by atoms with Crippen LogP contribution < -0.4 is 10.9 Å². The quantitative estimate of drug-likeness (QED) is 0.650. The monoisotopic (exact) mass is 284 g/mol. The van der Waals surface area contributed by atoms with E-state index in [9.17, 15) is 19.7 Å². The number of anilines is 1. The highest BCUT2D eigenvalue weighted by molar-refractivity contribution is 6.04. The van der Waals surface area contributed by atoms with Crippen molar-refractivity contribution in [2.24, 2.45) is 0 Å². The number of nitriles is 1. The lowest BCUT2D eigenvalue weighted by molar-refractivity contribution is -0.383. The number of carbonyl (C=O) groups is 1. The molecule has 0 aliphatic carbocycles. The number of hydrogen-bond acceptors (Lipinski definition) is 5. The number of nitrogens with zero attached hydrogens (tertiary/aromatic N) is 2. The van der Waals surface area contributed by atoms with Crippen LogP contribution in [0.5, 0.6) is 0 Å². The summed E-state index contributed by atoms with van der Waals surface area (Å²) in [7, 11) is 0. The Labute approximate surface area is 117 Å². The van der Waals surface area contributed by atoms with Crippen molar-refractivity contribution >= 4 is 17.3 Å². The normalized spacial score (nSPS) is 9.67. The van der Waals surface area contributed by atoms with Crippen molar-refractivity contribution in [2.45, 2.75) is 0 Å². The molecule has 104 valence electrons. The molecule has 8 nitrogen and oxygen atoms in total. The Hall–Kier alpha value is -3.47. The van der Waals surface area contributed by atoms with Crippen LogP contribution in [0.1, 0.15) is 16.1 Å². The van der Waals surface area contributed by atoms with Gasteiger partial charge in [-0.2, -0.15) is 5.26 Å². The molecule has 0 saturated carbocycles. The third-order valence-electron chi connectivity index (χ3n) is 2.58. The first kappa shape index (κ1) is 14.0. The Morgan fingerprint density at radius 3 is 2.71 bits per heavy atom. The van der Waals surface area contributed by atoms with Gasteiger partial charge in [0, 0.05) is 12.1 Å². The van der Waals surface area contributed by atoms with E-state index < -0.39 is 22.1 Å². The number of nitro groups is 1. The first-order valence-corrected chi connectivity index (χ1v) is 5.70. The van der Waals surface area contributed by atoms with Crippen molar-refractivity contribution in [1.82, 2.24) is 4.98 Å². The van der Waals surface area contributed by atoms with Crippen molar-refractivity contribution in [3.05, 3.63) is 68.1 Å². The van der Waals surface area contributed by atoms with Gasteiger partial charge in [0.25, 0.3) is 11.6 Å². The smallest absolute Gasteiger partial charge is 0.294 e. The van der Waals surface area contributed by atoms with Gasteiger partial charge in [-0.25, -0.2) is 0 Å². The highest BCUT2D eigenvalue weighted by Crippen LogP contribution is 2.25. The molecular formula is C13H8N4O4. The van der Waals surface area contributed by atoms with Crippen LogP contribution in [0.25, 0.3) is 0 Å². The summed E-state index contributed by atoms with van der Waals surface area (Å²) in [5.41, 5.74) is -0.847. The van der Waals surface area contributed by atoms with Crippen molar-refractivity contribution in [1.29, 1.82) is 5.26 Å². The van der Waals surface area contributed by atoms with Crippen molar-refractivity contribution in [2.75, 3.05) is 5.32 Å². The van der Waals surface area contributed by atoms with Gasteiger partial charge in [-0.3, -0.25) is 19.7 Å². The summed E-state index contributed by atoms with van der Waals surface area (Å²) >= 11 is 0. The van der Waals surface area contributed by atoms with Crippen LogP contribution in [0.4, 0.5) is 11.4 Å². The molecule has 0 spiro atoms. The van der Waals surface area contributed by atoms with Crippen LogP contribution in [0.2, 0.25) is 0 Å². The van der Waals surface area contributed by atoms with Crippen LogP contribution in [-0.2, 0) is 0 Å². The number of hydrogen-bond donors (Lipinski definition) is 2. The van der Waals surface area contributed by atoms with Crippen LogP contribution in [0.15, 0.2) is 41.2 Å². The van der Waals surface area contributed by atoms with E-state index >= 15 is 0 Å². The zero-order chi connectivity index (χ0) is 15.4. The zero-order valence-corrected chi connectivity index (χ0v) is 10.5. The Kier molecular flexibility index (Phi) is 3.76. The maximum atomic E-state index is 11.9. The molecule has 8 heteroatoms. The minimum absolute atomic E-state index is 0.0267. The van der Waals surface area contributed by atoms with Gasteiger partial charge in [0.15, 0.2) is 0 Å². The molecule has 0 saturated heterocycles. The summed E-state index contributed by atoms with van der Waals surface area (Å²) in [5.74, 6) is -0.694. The molecule has 0 bridgehead atoms. The number of aromatic amines is 1. The fourth-order valence-electron chi connectivity index (χ4n) is 1.63. The minimum Gasteiger partial charge on any atom is -0.318 e.